The first-order chi connectivity index (χ1) is 8.02. The van der Waals surface area contributed by atoms with E-state index in [-0.39, 0.29) is 12.1 Å². The van der Waals surface area contributed by atoms with E-state index in [9.17, 15) is 9.00 Å². The van der Waals surface area contributed by atoms with Crippen LogP contribution in [0.1, 0.15) is 13.3 Å². The molecule has 2 heterocycles. The third-order valence-corrected chi connectivity index (χ3v) is 3.72. The highest BCUT2D eigenvalue weighted by Crippen LogP contribution is 2.37. The molecule has 0 radical (unpaired) electrons. The number of carbonyl (C=O) groups is 1. The van der Waals surface area contributed by atoms with Gasteiger partial charge in [-0.05, 0) is 12.3 Å². The van der Waals surface area contributed by atoms with E-state index in [1.165, 1.54) is 0 Å². The van der Waals surface area contributed by atoms with Gasteiger partial charge >= 0.3 is 17.3 Å². The van der Waals surface area contributed by atoms with Crippen molar-refractivity contribution in [1.82, 2.24) is 5.32 Å². The van der Waals surface area contributed by atoms with Gasteiger partial charge < -0.3 is 10.1 Å². The molecule has 0 saturated carbocycles. The highest BCUT2D eigenvalue weighted by Gasteiger charge is 2.54. The molecule has 17 heavy (non-hydrogen) atoms. The van der Waals surface area contributed by atoms with E-state index >= 15 is 0 Å². The first kappa shape index (κ1) is 12.7. The Morgan fingerprint density at radius 2 is 2.29 bits per heavy atom. The second-order valence-electron chi connectivity index (χ2n) is 4.40. The minimum atomic E-state index is -2.36. The topological polar surface area (TPSA) is 84.9 Å². The van der Waals surface area contributed by atoms with Crippen LogP contribution >= 0.6 is 0 Å². The van der Waals surface area contributed by atoms with Gasteiger partial charge in [0.2, 0.25) is 0 Å². The number of fused-ring (bicyclic) bond motifs is 2. The molecule has 0 aromatic rings. The highest BCUT2D eigenvalue weighted by atomic mass is 32.2. The van der Waals surface area contributed by atoms with Gasteiger partial charge in [0.05, 0.1) is 0 Å². The van der Waals surface area contributed by atoms with Gasteiger partial charge in [-0.3, -0.25) is 8.74 Å². The quantitative estimate of drug-likeness (QED) is 0.420. The Kier molecular flexibility index (Phi) is 3.62. The molecule has 2 rings (SSSR count). The zero-order chi connectivity index (χ0) is 12.6. The van der Waals surface area contributed by atoms with E-state index in [1.807, 2.05) is 6.92 Å². The van der Waals surface area contributed by atoms with Crippen molar-refractivity contribution in [3.05, 3.63) is 12.7 Å². The molecular weight excluding hydrogens is 246 g/mol. The van der Waals surface area contributed by atoms with Crippen LogP contribution < -0.4 is 5.32 Å². The average Bonchev–Trinajstić information content (AvgIpc) is 2.76. The molecule has 7 heteroatoms. The van der Waals surface area contributed by atoms with Gasteiger partial charge in [0.25, 0.3) is 0 Å². The van der Waals surface area contributed by atoms with Crippen LogP contribution in [0.25, 0.3) is 0 Å². The van der Waals surface area contributed by atoms with Crippen molar-refractivity contribution in [3.63, 3.8) is 0 Å². The maximum atomic E-state index is 11.2. The largest absolute Gasteiger partial charge is 0.455 e. The van der Waals surface area contributed by atoms with Crippen molar-refractivity contribution in [2.45, 2.75) is 37.6 Å². The summed E-state index contributed by atoms with van der Waals surface area (Å²) in [4.78, 5) is 11.2. The van der Waals surface area contributed by atoms with E-state index in [0.717, 1.165) is 12.5 Å². The van der Waals surface area contributed by atoms with Crippen LogP contribution in [0.5, 0.6) is 0 Å². The summed E-state index contributed by atoms with van der Waals surface area (Å²) in [5, 5.41) is 3.23. The second kappa shape index (κ2) is 4.85. The molecule has 0 aromatic carbocycles. The number of esters is 1. The molecule has 6 nitrogen and oxygen atoms in total. The smallest absolute Gasteiger partial charge is 0.330 e. The van der Waals surface area contributed by atoms with Gasteiger partial charge in [0.1, 0.15) is 12.2 Å². The number of rotatable bonds is 4. The Morgan fingerprint density at radius 3 is 2.88 bits per heavy atom. The Bertz CT molecular complexity index is 361. The van der Waals surface area contributed by atoms with Crippen LogP contribution in [0, 0.1) is 5.92 Å². The first-order valence-electron chi connectivity index (χ1n) is 5.40. The molecule has 0 spiro atoms. The molecule has 6 unspecified atom stereocenters. The number of nitrogens with one attached hydrogen (secondary N) is 1. The lowest BCUT2D eigenvalue weighted by molar-refractivity contribution is -0.149. The fourth-order valence-electron chi connectivity index (χ4n) is 2.65. The lowest BCUT2D eigenvalue weighted by Gasteiger charge is -2.30. The van der Waals surface area contributed by atoms with Crippen molar-refractivity contribution < 1.29 is 22.5 Å². The van der Waals surface area contributed by atoms with E-state index in [1.54, 1.807) is 0 Å². The van der Waals surface area contributed by atoms with Crippen LogP contribution in [0.3, 0.4) is 0 Å². The van der Waals surface area contributed by atoms with Crippen LogP contribution in [0.2, 0.25) is 0 Å². The third-order valence-electron chi connectivity index (χ3n) is 3.33. The number of carbonyl (C=O) groups excluding carboxylic acids is 1. The van der Waals surface area contributed by atoms with Crippen molar-refractivity contribution in [2.75, 3.05) is 0 Å². The standard InChI is InChI=1S/C10H15NO5S/c1-3-7(12)15-10-8-5(2)4-6(11-8)9(10)16-17(13)14/h3,5-6,8-11H,1,4H2,2H3,(H,13,14). The summed E-state index contributed by atoms with van der Waals surface area (Å²) >= 11 is -2.36. The number of hydrogen-bond acceptors (Lipinski definition) is 5. The summed E-state index contributed by atoms with van der Waals surface area (Å²) in [7, 11) is 0. The summed E-state index contributed by atoms with van der Waals surface area (Å²) in [6.07, 6.45) is 0.800. The summed E-state index contributed by atoms with van der Waals surface area (Å²) in [6, 6.07) is -0.0776. The van der Waals surface area contributed by atoms with Crippen molar-refractivity contribution in [1.29, 1.82) is 0 Å². The molecule has 2 bridgehead atoms. The van der Waals surface area contributed by atoms with Crippen molar-refractivity contribution in [3.8, 4) is 0 Å². The predicted octanol–water partition coefficient (Wildman–Crippen LogP) is -0.0137. The fraction of sp³-hybridized carbons (Fsp3) is 0.700. The molecule has 2 fully saturated rings. The monoisotopic (exact) mass is 261 g/mol. The van der Waals surface area contributed by atoms with Crippen LogP contribution in [-0.2, 0) is 25.1 Å². The Balaban J connectivity index is 2.10. The summed E-state index contributed by atoms with van der Waals surface area (Å²) in [6.45, 7) is 5.36. The molecule has 2 saturated heterocycles. The zero-order valence-electron chi connectivity index (χ0n) is 9.37. The Hall–Kier alpha value is -0.760. The van der Waals surface area contributed by atoms with Gasteiger partial charge in [0, 0.05) is 18.2 Å². The second-order valence-corrected chi connectivity index (χ2v) is 5.02. The van der Waals surface area contributed by atoms with E-state index < -0.39 is 29.5 Å². The minimum Gasteiger partial charge on any atom is -0.455 e. The first-order valence-corrected chi connectivity index (χ1v) is 6.43. The van der Waals surface area contributed by atoms with Crippen molar-refractivity contribution >= 4 is 17.3 Å². The molecule has 2 N–H and O–H groups in total. The molecule has 0 amide bonds. The van der Waals surface area contributed by atoms with Gasteiger partial charge in [-0.25, -0.2) is 4.79 Å². The summed E-state index contributed by atoms with van der Waals surface area (Å²) in [5.41, 5.74) is 0. The lowest BCUT2D eigenvalue weighted by Crippen LogP contribution is -2.45. The zero-order valence-corrected chi connectivity index (χ0v) is 10.2. The summed E-state index contributed by atoms with van der Waals surface area (Å²) in [5.74, 6) is -0.205. The van der Waals surface area contributed by atoms with Gasteiger partial charge in [-0.1, -0.05) is 13.5 Å². The van der Waals surface area contributed by atoms with E-state index in [0.29, 0.717) is 5.92 Å². The maximum absolute atomic E-state index is 11.2. The Labute approximate surface area is 102 Å². The van der Waals surface area contributed by atoms with Crippen LogP contribution in [0.15, 0.2) is 12.7 Å². The van der Waals surface area contributed by atoms with Crippen LogP contribution in [0.4, 0.5) is 0 Å². The maximum Gasteiger partial charge on any atom is 0.330 e. The lowest BCUT2D eigenvalue weighted by atomic mass is 9.86. The molecule has 6 atom stereocenters. The SMILES string of the molecule is C=CC(=O)OC1C2NC(CC2C)C1OS(=O)O. The minimum absolute atomic E-state index is 0.0301. The molecule has 0 aliphatic carbocycles. The normalized spacial score (nSPS) is 41.2. The van der Waals surface area contributed by atoms with Gasteiger partial charge in [-0.2, -0.15) is 4.21 Å². The van der Waals surface area contributed by atoms with E-state index in [2.05, 4.69) is 11.9 Å². The Morgan fingerprint density at radius 1 is 1.59 bits per heavy atom. The van der Waals surface area contributed by atoms with E-state index in [4.69, 9.17) is 13.5 Å². The molecular formula is C10H15NO5S. The number of ether oxygens (including phenoxy) is 1. The summed E-state index contributed by atoms with van der Waals surface area (Å²) < 4.78 is 29.6. The van der Waals surface area contributed by atoms with Crippen LogP contribution in [-0.4, -0.2) is 39.0 Å². The fourth-order valence-corrected chi connectivity index (χ4v) is 3.08. The van der Waals surface area contributed by atoms with Gasteiger partial charge in [0.15, 0.2) is 0 Å². The predicted molar refractivity (Wildman–Crippen MR) is 60.2 cm³/mol. The molecule has 96 valence electrons. The third kappa shape index (κ3) is 2.42. The van der Waals surface area contributed by atoms with Crippen molar-refractivity contribution in [2.24, 2.45) is 5.92 Å². The molecule has 2 aliphatic heterocycles. The highest BCUT2D eigenvalue weighted by molar-refractivity contribution is 7.74. The van der Waals surface area contributed by atoms with Gasteiger partial charge in [-0.15, -0.1) is 0 Å². The average molecular weight is 261 g/mol. The number of hydrogen-bond donors (Lipinski definition) is 2. The molecule has 0 aromatic heterocycles. The molecule has 2 aliphatic rings.